The topological polar surface area (TPSA) is 33.5 Å². The van der Waals surface area contributed by atoms with Crippen LogP contribution in [0.3, 0.4) is 0 Å². The van der Waals surface area contributed by atoms with Gasteiger partial charge in [0.1, 0.15) is 0 Å². The second-order valence-electron chi connectivity index (χ2n) is 12.9. The molecule has 0 saturated carbocycles. The van der Waals surface area contributed by atoms with E-state index in [1.807, 2.05) is 18.5 Å². The summed E-state index contributed by atoms with van der Waals surface area (Å²) in [6, 6.07) is 29.8. The van der Waals surface area contributed by atoms with Gasteiger partial charge in [0, 0.05) is 67.6 Å². The summed E-state index contributed by atoms with van der Waals surface area (Å²) in [5.74, 6) is 0.776. The third-order valence-electron chi connectivity index (χ3n) is 11.0. The van der Waals surface area contributed by atoms with E-state index in [4.69, 9.17) is 0 Å². The lowest BCUT2D eigenvalue weighted by Gasteiger charge is -2.48. The van der Waals surface area contributed by atoms with E-state index in [1.54, 1.807) is 0 Å². The molecule has 3 atom stereocenters. The molecule has 0 saturated heterocycles. The van der Waals surface area contributed by atoms with Crippen LogP contribution in [0.5, 0.6) is 0 Å². The minimum Gasteiger partial charge on any atom is -0.237 e. The maximum Gasteiger partial charge on any atom is 0.213 e. The number of hydrogen-bond donors (Lipinski definition) is 0. The average molecular weight is 581 g/mol. The molecular weight excluding hydrogens is 536 g/mol. The van der Waals surface area contributed by atoms with Gasteiger partial charge >= 0.3 is 0 Å². The van der Waals surface area contributed by atoms with Crippen LogP contribution in [0.1, 0.15) is 89.0 Å². The zero-order chi connectivity index (χ0) is 30.3. The highest BCUT2D eigenvalue weighted by molar-refractivity contribution is 5.72. The fourth-order valence-electron chi connectivity index (χ4n) is 8.47. The van der Waals surface area contributed by atoms with Crippen LogP contribution in [0.15, 0.2) is 104 Å². The molecule has 0 spiro atoms. The number of fused-ring (bicyclic) bond motifs is 6. The van der Waals surface area contributed by atoms with Gasteiger partial charge in [-0.1, -0.05) is 51.5 Å². The third-order valence-corrected chi connectivity index (χ3v) is 11.0. The normalized spacial score (nSPS) is 21.3. The highest BCUT2D eigenvalue weighted by Crippen LogP contribution is 2.53. The third kappa shape index (κ3) is 4.33. The van der Waals surface area contributed by atoms with Crippen molar-refractivity contribution in [2.24, 2.45) is 0 Å². The fourth-order valence-corrected chi connectivity index (χ4v) is 8.47. The fraction of sp³-hybridized carbons (Fsp3) is 0.350. The Morgan fingerprint density at radius 3 is 2.34 bits per heavy atom. The Morgan fingerprint density at radius 2 is 1.57 bits per heavy atom. The molecule has 4 nitrogen and oxygen atoms in total. The van der Waals surface area contributed by atoms with Crippen molar-refractivity contribution in [2.45, 2.75) is 89.6 Å². The molecule has 0 amide bonds. The van der Waals surface area contributed by atoms with Crippen molar-refractivity contribution in [3.05, 3.63) is 120 Å². The van der Waals surface area contributed by atoms with E-state index < -0.39 is 0 Å². The largest absolute Gasteiger partial charge is 0.237 e. The summed E-state index contributed by atoms with van der Waals surface area (Å²) in [5, 5.41) is 0. The van der Waals surface area contributed by atoms with Crippen LogP contribution in [0.2, 0.25) is 0 Å². The van der Waals surface area contributed by atoms with Crippen LogP contribution in [0.4, 0.5) is 0 Å². The van der Waals surface area contributed by atoms with Gasteiger partial charge in [-0.25, -0.2) is 9.97 Å². The summed E-state index contributed by atoms with van der Waals surface area (Å²) in [5.41, 5.74) is 10.8. The lowest BCUT2D eigenvalue weighted by molar-refractivity contribution is -0.766. The minimum absolute atomic E-state index is 0.00450. The zero-order valence-electron chi connectivity index (χ0n) is 26.6. The van der Waals surface area contributed by atoms with Crippen molar-refractivity contribution < 1.29 is 9.13 Å². The highest BCUT2D eigenvalue weighted by Gasteiger charge is 2.59. The summed E-state index contributed by atoms with van der Waals surface area (Å²) < 4.78 is 5.13. The molecule has 222 valence electrons. The molecule has 5 heterocycles. The van der Waals surface area contributed by atoms with E-state index in [2.05, 4.69) is 132 Å². The van der Waals surface area contributed by atoms with E-state index >= 15 is 0 Å². The molecule has 44 heavy (non-hydrogen) atoms. The molecule has 4 heteroatoms. The van der Waals surface area contributed by atoms with Gasteiger partial charge < -0.3 is 0 Å². The number of hydrogen-bond acceptors (Lipinski definition) is 2. The number of benzene rings is 2. The Balaban J connectivity index is 1.32. The monoisotopic (exact) mass is 580 g/mol. The molecule has 0 N–H and O–H groups in total. The van der Waals surface area contributed by atoms with E-state index in [0.717, 1.165) is 43.5 Å². The van der Waals surface area contributed by atoms with Crippen molar-refractivity contribution in [3.63, 3.8) is 0 Å². The first-order valence-corrected chi connectivity index (χ1v) is 16.6. The van der Waals surface area contributed by atoms with Gasteiger partial charge in [-0.2, -0.15) is 9.13 Å². The number of rotatable bonds is 9. The molecule has 3 aromatic heterocycles. The molecule has 5 aromatic rings. The van der Waals surface area contributed by atoms with Crippen LogP contribution in [-0.4, -0.2) is 9.97 Å². The van der Waals surface area contributed by atoms with E-state index in [0.29, 0.717) is 0 Å². The van der Waals surface area contributed by atoms with Crippen LogP contribution in [0, 0.1) is 0 Å². The van der Waals surface area contributed by atoms with Crippen LogP contribution in [0.25, 0.3) is 33.9 Å². The van der Waals surface area contributed by atoms with Gasteiger partial charge in [0.25, 0.3) is 0 Å². The smallest absolute Gasteiger partial charge is 0.213 e. The molecule has 2 aliphatic heterocycles. The molecule has 2 aliphatic rings. The van der Waals surface area contributed by atoms with Gasteiger partial charge in [-0.3, -0.25) is 0 Å². The number of aromatic nitrogens is 4. The van der Waals surface area contributed by atoms with Crippen molar-refractivity contribution in [2.75, 3.05) is 0 Å². The first kappa shape index (κ1) is 28.6. The lowest BCUT2D eigenvalue weighted by atomic mass is 9.57. The number of unbranched alkanes of at least 4 members (excludes halogenated alkanes) is 1. The number of nitrogens with zero attached hydrogens (tertiary/aromatic N) is 4. The zero-order valence-corrected chi connectivity index (χ0v) is 26.6. The maximum atomic E-state index is 4.53. The Bertz CT molecular complexity index is 1810. The van der Waals surface area contributed by atoms with Gasteiger partial charge in [0.2, 0.25) is 11.4 Å². The molecule has 7 rings (SSSR count). The second kappa shape index (κ2) is 11.4. The molecule has 3 unspecified atom stereocenters. The minimum atomic E-state index is -0.0452. The SMILES string of the molecule is CCCCc1ccc2c(c1)-c1cccc[n+]1C(C)(CC)C2(CC)CCC1c2ccc(-c3ncccn3)cc2-c2cccc[n+]21. The van der Waals surface area contributed by atoms with Crippen LogP contribution >= 0.6 is 0 Å². The number of aryl methyl sites for hydroxylation is 1. The summed E-state index contributed by atoms with van der Waals surface area (Å²) in [4.78, 5) is 9.07. The van der Waals surface area contributed by atoms with Crippen molar-refractivity contribution in [3.8, 4) is 33.9 Å². The second-order valence-corrected chi connectivity index (χ2v) is 12.9. The Morgan fingerprint density at radius 1 is 0.773 bits per heavy atom. The summed E-state index contributed by atoms with van der Waals surface area (Å²) in [7, 11) is 0. The van der Waals surface area contributed by atoms with Crippen LogP contribution < -0.4 is 9.13 Å². The molecule has 2 aromatic carbocycles. The van der Waals surface area contributed by atoms with Crippen molar-refractivity contribution >= 4 is 0 Å². The maximum absolute atomic E-state index is 4.53. The summed E-state index contributed by atoms with van der Waals surface area (Å²) >= 11 is 0. The average Bonchev–Trinajstić information content (AvgIpc) is 3.40. The van der Waals surface area contributed by atoms with Gasteiger partial charge in [-0.05, 0) is 67.1 Å². The quantitative estimate of drug-likeness (QED) is 0.164. The standard InChI is InChI=1S/C40H44N4/c1-5-8-14-29-17-20-34-33(27-29)37-16-10-12-26-44(37)39(4,6-2)40(34,7-3)22-21-36-31-19-18-30(38-41-23-13-24-42-38)28-32(31)35-15-9-11-25-43(35)36/h9-13,15-20,23-28,36H,5-8,14,21-22H2,1-4H3/q+2. The lowest BCUT2D eigenvalue weighted by Crippen LogP contribution is -2.68. The highest BCUT2D eigenvalue weighted by atomic mass is 15.1. The van der Waals surface area contributed by atoms with Crippen molar-refractivity contribution in [1.82, 2.24) is 9.97 Å². The summed E-state index contributed by atoms with van der Waals surface area (Å²) in [6.07, 6.45) is 16.2. The molecular formula is C40H44N4+2. The Labute approximate surface area is 262 Å². The van der Waals surface area contributed by atoms with E-state index in [-0.39, 0.29) is 17.0 Å². The predicted molar refractivity (Wildman–Crippen MR) is 177 cm³/mol. The van der Waals surface area contributed by atoms with Gasteiger partial charge in [0.05, 0.1) is 16.5 Å². The first-order valence-electron chi connectivity index (χ1n) is 16.6. The predicted octanol–water partition coefficient (Wildman–Crippen LogP) is 8.57. The van der Waals surface area contributed by atoms with Crippen LogP contribution in [-0.2, 0) is 17.4 Å². The Hall–Kier alpha value is -4.18. The summed E-state index contributed by atoms with van der Waals surface area (Å²) in [6.45, 7) is 9.61. The molecule has 0 aliphatic carbocycles. The molecule has 0 radical (unpaired) electrons. The van der Waals surface area contributed by atoms with Gasteiger partial charge in [0.15, 0.2) is 29.8 Å². The van der Waals surface area contributed by atoms with Gasteiger partial charge in [-0.15, -0.1) is 0 Å². The molecule has 0 bridgehead atoms. The van der Waals surface area contributed by atoms with E-state index in [9.17, 15) is 0 Å². The van der Waals surface area contributed by atoms with E-state index in [1.165, 1.54) is 52.0 Å². The first-order chi connectivity index (χ1) is 21.5. The molecule has 0 fully saturated rings. The number of pyridine rings is 2. The Kier molecular flexibility index (Phi) is 7.40. The van der Waals surface area contributed by atoms with Crippen molar-refractivity contribution in [1.29, 1.82) is 0 Å².